The second-order valence-corrected chi connectivity index (χ2v) is 7.72. The molecule has 5 heteroatoms. The predicted octanol–water partition coefficient (Wildman–Crippen LogP) is 4.75. The number of amides is 1. The van der Waals surface area contributed by atoms with Crippen molar-refractivity contribution in [3.8, 4) is 0 Å². The molecule has 1 N–H and O–H groups in total. The molecule has 0 unspecified atom stereocenters. The first-order chi connectivity index (χ1) is 14.5. The van der Waals surface area contributed by atoms with Gasteiger partial charge in [-0.15, -0.1) is 0 Å². The zero-order chi connectivity index (χ0) is 21.1. The molecule has 0 fully saturated rings. The summed E-state index contributed by atoms with van der Waals surface area (Å²) in [7, 11) is 0. The van der Waals surface area contributed by atoms with E-state index in [1.54, 1.807) is 36.4 Å². The highest BCUT2D eigenvalue weighted by atomic mass is 35.5. The van der Waals surface area contributed by atoms with Crippen molar-refractivity contribution in [3.05, 3.63) is 107 Å². The van der Waals surface area contributed by atoms with E-state index in [1.165, 1.54) is 11.0 Å². The number of carbonyl (C=O) groups excluding carboxylic acids is 2. The zero-order valence-corrected chi connectivity index (χ0v) is 16.9. The average molecular weight is 418 g/mol. The average Bonchev–Trinajstić information content (AvgIpc) is 2.96. The van der Waals surface area contributed by atoms with Gasteiger partial charge in [-0.05, 0) is 35.4 Å². The molecule has 1 heterocycles. The Hall–Kier alpha value is -3.21. The van der Waals surface area contributed by atoms with Crippen molar-refractivity contribution in [2.75, 3.05) is 4.90 Å². The third-order valence-corrected chi connectivity index (χ3v) is 5.44. The number of ketones is 1. The summed E-state index contributed by atoms with van der Waals surface area (Å²) in [5.74, 6) is -0.821. The first-order valence-electron chi connectivity index (χ1n) is 9.62. The molecule has 0 bridgehead atoms. The topological polar surface area (TPSA) is 57.6 Å². The van der Waals surface area contributed by atoms with E-state index in [0.717, 1.165) is 11.1 Å². The number of hydrogen-bond acceptors (Lipinski definition) is 3. The maximum absolute atomic E-state index is 13.2. The molecule has 0 spiro atoms. The third kappa shape index (κ3) is 3.92. The van der Waals surface area contributed by atoms with Crippen LogP contribution in [0.3, 0.4) is 0 Å². The normalized spacial score (nSPS) is 18.1. The SMILES string of the molecule is O=C(/C=C/c1ccccc1)C[C@]1(O)C(=O)N(Cc2ccc(Cl)cc2)c2ccccc21. The molecule has 0 saturated heterocycles. The van der Waals surface area contributed by atoms with E-state index in [2.05, 4.69) is 0 Å². The quantitative estimate of drug-likeness (QED) is 0.589. The van der Waals surface area contributed by atoms with Gasteiger partial charge in [-0.3, -0.25) is 9.59 Å². The molecule has 0 saturated carbocycles. The van der Waals surface area contributed by atoms with Gasteiger partial charge in [0.25, 0.3) is 5.91 Å². The summed E-state index contributed by atoms with van der Waals surface area (Å²) in [6, 6.07) is 23.6. The number of nitrogens with zero attached hydrogens (tertiary/aromatic N) is 1. The van der Waals surface area contributed by atoms with E-state index >= 15 is 0 Å². The van der Waals surface area contributed by atoms with E-state index in [9.17, 15) is 14.7 Å². The van der Waals surface area contributed by atoms with Crippen LogP contribution >= 0.6 is 11.6 Å². The first-order valence-corrected chi connectivity index (χ1v) is 9.99. The van der Waals surface area contributed by atoms with Crippen LogP contribution in [0.15, 0.2) is 84.9 Å². The number of para-hydroxylation sites is 1. The summed E-state index contributed by atoms with van der Waals surface area (Å²) >= 11 is 5.95. The lowest BCUT2D eigenvalue weighted by molar-refractivity contribution is -0.140. The smallest absolute Gasteiger partial charge is 0.264 e. The van der Waals surface area contributed by atoms with E-state index in [0.29, 0.717) is 16.3 Å². The van der Waals surface area contributed by atoms with Crippen molar-refractivity contribution in [2.45, 2.75) is 18.6 Å². The van der Waals surface area contributed by atoms with Crippen molar-refractivity contribution in [1.29, 1.82) is 0 Å². The minimum absolute atomic E-state index is 0.281. The van der Waals surface area contributed by atoms with Crippen LogP contribution in [0.25, 0.3) is 6.08 Å². The second kappa shape index (κ2) is 8.27. The van der Waals surface area contributed by atoms with Gasteiger partial charge in [0.2, 0.25) is 0 Å². The number of aliphatic hydroxyl groups is 1. The lowest BCUT2D eigenvalue weighted by Crippen LogP contribution is -2.41. The Morgan fingerprint density at radius 1 is 0.967 bits per heavy atom. The molecule has 4 nitrogen and oxygen atoms in total. The van der Waals surface area contributed by atoms with Crippen LogP contribution in [0.5, 0.6) is 0 Å². The fourth-order valence-corrected chi connectivity index (χ4v) is 3.80. The Kier molecular flexibility index (Phi) is 5.53. The maximum atomic E-state index is 13.2. The summed E-state index contributed by atoms with van der Waals surface area (Å²) in [4.78, 5) is 27.4. The van der Waals surface area contributed by atoms with Crippen molar-refractivity contribution < 1.29 is 14.7 Å². The number of benzene rings is 3. The van der Waals surface area contributed by atoms with E-state index in [1.807, 2.05) is 48.5 Å². The van der Waals surface area contributed by atoms with E-state index in [4.69, 9.17) is 11.6 Å². The Balaban J connectivity index is 1.59. The molecule has 150 valence electrons. The molecule has 0 aromatic heterocycles. The molecule has 4 rings (SSSR count). The summed E-state index contributed by atoms with van der Waals surface area (Å²) in [5.41, 5.74) is 0.925. The van der Waals surface area contributed by atoms with Gasteiger partial charge in [0.1, 0.15) is 0 Å². The highest BCUT2D eigenvalue weighted by Gasteiger charge is 2.50. The Morgan fingerprint density at radius 3 is 2.37 bits per heavy atom. The predicted molar refractivity (Wildman–Crippen MR) is 118 cm³/mol. The van der Waals surface area contributed by atoms with Gasteiger partial charge in [0, 0.05) is 10.6 Å². The molecule has 0 aliphatic carbocycles. The van der Waals surface area contributed by atoms with Crippen molar-refractivity contribution in [1.82, 2.24) is 0 Å². The summed E-state index contributed by atoms with van der Waals surface area (Å²) in [6.45, 7) is 0.281. The number of rotatable bonds is 6. The number of fused-ring (bicyclic) bond motifs is 1. The Bertz CT molecular complexity index is 1110. The molecule has 1 amide bonds. The fourth-order valence-electron chi connectivity index (χ4n) is 3.67. The second-order valence-electron chi connectivity index (χ2n) is 7.28. The van der Waals surface area contributed by atoms with Gasteiger partial charge in [0.15, 0.2) is 11.4 Å². The van der Waals surface area contributed by atoms with Gasteiger partial charge in [-0.2, -0.15) is 0 Å². The Morgan fingerprint density at radius 2 is 1.63 bits per heavy atom. The first kappa shape index (κ1) is 20.1. The Labute approximate surface area is 180 Å². The lowest BCUT2D eigenvalue weighted by atomic mass is 9.89. The molecule has 3 aromatic carbocycles. The van der Waals surface area contributed by atoms with Crippen LogP contribution in [0.2, 0.25) is 5.02 Å². The van der Waals surface area contributed by atoms with Crippen molar-refractivity contribution in [2.24, 2.45) is 0 Å². The third-order valence-electron chi connectivity index (χ3n) is 5.18. The number of allylic oxidation sites excluding steroid dienone is 1. The fraction of sp³-hybridized carbons (Fsp3) is 0.120. The van der Waals surface area contributed by atoms with Gasteiger partial charge < -0.3 is 10.0 Å². The summed E-state index contributed by atoms with van der Waals surface area (Å²) in [5, 5.41) is 11.9. The number of carbonyl (C=O) groups is 2. The maximum Gasteiger partial charge on any atom is 0.264 e. The van der Waals surface area contributed by atoms with Gasteiger partial charge in [0.05, 0.1) is 18.7 Å². The minimum Gasteiger partial charge on any atom is -0.375 e. The monoisotopic (exact) mass is 417 g/mol. The summed E-state index contributed by atoms with van der Waals surface area (Å²) < 4.78 is 0. The number of hydrogen-bond donors (Lipinski definition) is 1. The lowest BCUT2D eigenvalue weighted by Gasteiger charge is -2.22. The van der Waals surface area contributed by atoms with Crippen molar-refractivity contribution in [3.63, 3.8) is 0 Å². The molecular weight excluding hydrogens is 398 g/mol. The highest BCUT2D eigenvalue weighted by Crippen LogP contribution is 2.43. The van der Waals surface area contributed by atoms with Crippen LogP contribution in [-0.2, 0) is 21.7 Å². The molecular formula is C25H20ClNO3. The standard InChI is InChI=1S/C25H20ClNO3/c26-20-13-10-19(11-14-20)17-27-23-9-5-4-8-22(23)25(30,24(27)29)16-21(28)15-12-18-6-2-1-3-7-18/h1-15,30H,16-17H2/b15-12+/t25-/m1/s1. The molecule has 1 atom stereocenters. The highest BCUT2D eigenvalue weighted by molar-refractivity contribution is 6.30. The molecule has 0 radical (unpaired) electrons. The van der Waals surface area contributed by atoms with Gasteiger partial charge in [-0.25, -0.2) is 0 Å². The van der Waals surface area contributed by atoms with Crippen LogP contribution in [0, 0.1) is 0 Å². The molecule has 30 heavy (non-hydrogen) atoms. The molecule has 1 aliphatic rings. The zero-order valence-electron chi connectivity index (χ0n) is 16.2. The van der Waals surface area contributed by atoms with Crippen LogP contribution in [0.4, 0.5) is 5.69 Å². The summed E-state index contributed by atoms with van der Waals surface area (Å²) in [6.07, 6.45) is 2.77. The van der Waals surface area contributed by atoms with Gasteiger partial charge in [-0.1, -0.05) is 78.3 Å². The van der Waals surface area contributed by atoms with E-state index in [-0.39, 0.29) is 18.7 Å². The number of anilines is 1. The van der Waals surface area contributed by atoms with Crippen LogP contribution < -0.4 is 4.90 Å². The minimum atomic E-state index is -1.89. The molecule has 3 aromatic rings. The van der Waals surface area contributed by atoms with Gasteiger partial charge >= 0.3 is 0 Å². The largest absolute Gasteiger partial charge is 0.375 e. The number of halogens is 1. The van der Waals surface area contributed by atoms with Crippen LogP contribution in [-0.4, -0.2) is 16.8 Å². The van der Waals surface area contributed by atoms with E-state index < -0.39 is 11.5 Å². The van der Waals surface area contributed by atoms with Crippen molar-refractivity contribution >= 4 is 35.1 Å². The molecule has 1 aliphatic heterocycles. The van der Waals surface area contributed by atoms with Crippen LogP contribution in [0.1, 0.15) is 23.1 Å².